The van der Waals surface area contributed by atoms with Crippen LogP contribution in [0.3, 0.4) is 0 Å². The predicted molar refractivity (Wildman–Crippen MR) is 64.2 cm³/mol. The average molecular weight is 293 g/mol. The first kappa shape index (κ1) is 15.3. The summed E-state index contributed by atoms with van der Waals surface area (Å²) in [7, 11) is -2.90. The molecule has 0 aromatic heterocycles. The minimum atomic E-state index is -4.08. The zero-order valence-electron chi connectivity index (χ0n) is 10.2. The van der Waals surface area contributed by atoms with Crippen molar-refractivity contribution in [3.05, 3.63) is 29.8 Å². The van der Waals surface area contributed by atoms with Crippen LogP contribution in [0.25, 0.3) is 0 Å². The molecule has 0 radical (unpaired) electrons. The fraction of sp³-hybridized carbons (Fsp3) is 0.300. The summed E-state index contributed by atoms with van der Waals surface area (Å²) in [5.41, 5.74) is 5.31. The number of hydrogen-bond donors (Lipinski definition) is 2. The molecule has 0 heterocycles. The highest BCUT2D eigenvalue weighted by molar-refractivity contribution is 7.89. The molecule has 1 unspecified atom stereocenters. The Bertz CT molecular complexity index is 604. The van der Waals surface area contributed by atoms with E-state index in [1.165, 1.54) is 14.0 Å². The van der Waals surface area contributed by atoms with Crippen LogP contribution in [0.4, 0.5) is 8.78 Å². The van der Waals surface area contributed by atoms with Crippen LogP contribution >= 0.6 is 0 Å². The molecule has 0 aliphatic heterocycles. The fourth-order valence-electron chi connectivity index (χ4n) is 1.28. The first-order valence-corrected chi connectivity index (χ1v) is 6.56. The van der Waals surface area contributed by atoms with Crippen molar-refractivity contribution in [3.63, 3.8) is 0 Å². The van der Waals surface area contributed by atoms with Crippen LogP contribution in [0.15, 0.2) is 28.3 Å². The van der Waals surface area contributed by atoms with E-state index in [4.69, 9.17) is 10.9 Å². The van der Waals surface area contributed by atoms with Gasteiger partial charge in [-0.3, -0.25) is 0 Å². The average Bonchev–Trinajstić information content (AvgIpc) is 2.38. The summed E-state index contributed by atoms with van der Waals surface area (Å²) < 4.78 is 50.8. The maximum absolute atomic E-state index is 13.1. The maximum atomic E-state index is 13.1. The topological polar surface area (TPSA) is 96.0 Å². The monoisotopic (exact) mass is 293 g/mol. The molecule has 0 spiro atoms. The van der Waals surface area contributed by atoms with Gasteiger partial charge < -0.3 is 10.9 Å². The van der Waals surface area contributed by atoms with Crippen molar-refractivity contribution >= 4 is 15.9 Å². The van der Waals surface area contributed by atoms with Crippen molar-refractivity contribution in [1.29, 1.82) is 0 Å². The zero-order valence-corrected chi connectivity index (χ0v) is 11.0. The normalized spacial score (nSPS) is 14.7. The molecular formula is C10H13F2N3O3S. The van der Waals surface area contributed by atoms with Crippen molar-refractivity contribution in [3.8, 4) is 0 Å². The lowest BCUT2D eigenvalue weighted by Gasteiger charge is -2.23. The highest BCUT2D eigenvalue weighted by Crippen LogP contribution is 2.19. The molecule has 0 saturated heterocycles. The van der Waals surface area contributed by atoms with Gasteiger partial charge >= 0.3 is 0 Å². The standard InChI is InChI=1S/C10H13F2N3O3S/c1-6(10(13)14-16)15(2)19(17,18)7-3-4-8(11)9(12)5-7/h3-6,16H,1-2H3,(H2,13,14). The minimum Gasteiger partial charge on any atom is -0.409 e. The van der Waals surface area contributed by atoms with Crippen molar-refractivity contribution in [2.24, 2.45) is 10.9 Å². The van der Waals surface area contributed by atoms with Crippen LogP contribution in [-0.4, -0.2) is 36.9 Å². The number of nitrogens with two attached hydrogens (primary N) is 1. The molecule has 0 saturated carbocycles. The number of benzene rings is 1. The Labute approximate surface area is 109 Å². The van der Waals surface area contributed by atoms with Gasteiger partial charge in [-0.15, -0.1) is 0 Å². The van der Waals surface area contributed by atoms with E-state index in [1.54, 1.807) is 0 Å². The lowest BCUT2D eigenvalue weighted by Crippen LogP contribution is -2.43. The van der Waals surface area contributed by atoms with E-state index < -0.39 is 32.6 Å². The molecule has 0 fully saturated rings. The number of sulfonamides is 1. The fourth-order valence-corrected chi connectivity index (χ4v) is 2.63. The highest BCUT2D eigenvalue weighted by Gasteiger charge is 2.28. The van der Waals surface area contributed by atoms with Gasteiger partial charge in [-0.25, -0.2) is 17.2 Å². The summed E-state index contributed by atoms with van der Waals surface area (Å²) in [6.07, 6.45) is 0. The molecule has 0 bridgehead atoms. The Morgan fingerprint density at radius 1 is 1.42 bits per heavy atom. The molecular weight excluding hydrogens is 280 g/mol. The van der Waals surface area contributed by atoms with Gasteiger partial charge in [-0.05, 0) is 25.1 Å². The van der Waals surface area contributed by atoms with Gasteiger partial charge in [-0.2, -0.15) is 4.31 Å². The summed E-state index contributed by atoms with van der Waals surface area (Å²) in [6, 6.07) is 1.27. The molecule has 0 aliphatic carbocycles. The van der Waals surface area contributed by atoms with Crippen LogP contribution in [0.5, 0.6) is 0 Å². The van der Waals surface area contributed by atoms with Gasteiger partial charge in [0.05, 0.1) is 10.9 Å². The second-order valence-electron chi connectivity index (χ2n) is 3.80. The minimum absolute atomic E-state index is 0.325. The largest absolute Gasteiger partial charge is 0.409 e. The molecule has 106 valence electrons. The smallest absolute Gasteiger partial charge is 0.243 e. The first-order valence-electron chi connectivity index (χ1n) is 5.12. The molecule has 6 nitrogen and oxygen atoms in total. The highest BCUT2D eigenvalue weighted by atomic mass is 32.2. The van der Waals surface area contributed by atoms with Gasteiger partial charge in [0, 0.05) is 7.05 Å². The second-order valence-corrected chi connectivity index (χ2v) is 5.80. The molecule has 1 aromatic rings. The summed E-state index contributed by atoms with van der Waals surface area (Å²) in [4.78, 5) is -0.425. The molecule has 9 heteroatoms. The number of halogens is 2. The Morgan fingerprint density at radius 2 is 2.00 bits per heavy atom. The van der Waals surface area contributed by atoms with Gasteiger partial charge in [0.2, 0.25) is 10.0 Å². The quantitative estimate of drug-likeness (QED) is 0.370. The van der Waals surface area contributed by atoms with Gasteiger partial charge in [0.1, 0.15) is 0 Å². The molecule has 0 aliphatic rings. The number of likely N-dealkylation sites (N-methyl/N-ethyl adjacent to an activating group) is 1. The van der Waals surface area contributed by atoms with E-state index in [0.717, 1.165) is 10.4 Å². The van der Waals surface area contributed by atoms with E-state index in [-0.39, 0.29) is 5.84 Å². The molecule has 0 amide bonds. The third-order valence-corrected chi connectivity index (χ3v) is 4.58. The summed E-state index contributed by atoms with van der Waals surface area (Å²) in [5.74, 6) is -2.74. The van der Waals surface area contributed by atoms with Crippen molar-refractivity contribution in [1.82, 2.24) is 4.31 Å². The van der Waals surface area contributed by atoms with Crippen LogP contribution < -0.4 is 5.73 Å². The van der Waals surface area contributed by atoms with Crippen LogP contribution in [0.2, 0.25) is 0 Å². The van der Waals surface area contributed by atoms with E-state index in [9.17, 15) is 17.2 Å². The third-order valence-electron chi connectivity index (χ3n) is 2.66. The van der Waals surface area contributed by atoms with Crippen molar-refractivity contribution in [2.75, 3.05) is 7.05 Å². The molecule has 19 heavy (non-hydrogen) atoms. The maximum Gasteiger partial charge on any atom is 0.243 e. The number of oxime groups is 1. The first-order chi connectivity index (χ1) is 8.71. The van der Waals surface area contributed by atoms with Crippen molar-refractivity contribution < 1.29 is 22.4 Å². The molecule has 1 rings (SSSR count). The molecule has 1 aromatic carbocycles. The van der Waals surface area contributed by atoms with Gasteiger partial charge in [0.15, 0.2) is 17.5 Å². The lowest BCUT2D eigenvalue weighted by atomic mass is 10.3. The SMILES string of the molecule is CC(C(N)=NO)N(C)S(=O)(=O)c1ccc(F)c(F)c1. The van der Waals surface area contributed by atoms with E-state index >= 15 is 0 Å². The second kappa shape index (κ2) is 5.49. The Kier molecular flexibility index (Phi) is 4.43. The Hall–Kier alpha value is -1.74. The Morgan fingerprint density at radius 3 is 2.47 bits per heavy atom. The van der Waals surface area contributed by atoms with Crippen LogP contribution in [0, 0.1) is 11.6 Å². The predicted octanol–water partition coefficient (Wildman–Crippen LogP) is 0.720. The zero-order chi connectivity index (χ0) is 14.8. The van der Waals surface area contributed by atoms with Crippen LogP contribution in [-0.2, 0) is 10.0 Å². The molecule has 3 N–H and O–H groups in total. The summed E-state index contributed by atoms with van der Waals surface area (Å²) in [5, 5.41) is 11.2. The van der Waals surface area contributed by atoms with E-state index in [0.29, 0.717) is 12.1 Å². The third kappa shape index (κ3) is 2.99. The summed E-state index contributed by atoms with van der Waals surface area (Å²) in [6.45, 7) is 1.38. The van der Waals surface area contributed by atoms with Gasteiger partial charge in [0.25, 0.3) is 0 Å². The summed E-state index contributed by atoms with van der Waals surface area (Å²) >= 11 is 0. The van der Waals surface area contributed by atoms with E-state index in [2.05, 4.69) is 5.16 Å². The van der Waals surface area contributed by atoms with Gasteiger partial charge in [-0.1, -0.05) is 5.16 Å². The number of rotatable bonds is 4. The lowest BCUT2D eigenvalue weighted by molar-refractivity contribution is 0.311. The number of nitrogens with zero attached hydrogens (tertiary/aromatic N) is 2. The van der Waals surface area contributed by atoms with Crippen molar-refractivity contribution in [2.45, 2.75) is 17.9 Å². The number of hydrogen-bond acceptors (Lipinski definition) is 4. The Balaban J connectivity index is 3.20. The van der Waals surface area contributed by atoms with E-state index in [1.807, 2.05) is 0 Å². The molecule has 1 atom stereocenters. The number of amidine groups is 1. The van der Waals surface area contributed by atoms with Crippen LogP contribution in [0.1, 0.15) is 6.92 Å².